The highest BCUT2D eigenvalue weighted by Crippen LogP contribution is 2.36. The van der Waals surface area contributed by atoms with Gasteiger partial charge >= 0.3 is 0 Å². The molecule has 1 fully saturated rings. The molecule has 1 aliphatic rings. The van der Waals surface area contributed by atoms with Crippen LogP contribution in [0.1, 0.15) is 81.4 Å². The van der Waals surface area contributed by atoms with Crippen molar-refractivity contribution in [3.63, 3.8) is 0 Å². The van der Waals surface area contributed by atoms with Crippen molar-refractivity contribution < 1.29 is 4.74 Å². The van der Waals surface area contributed by atoms with Gasteiger partial charge in [0.2, 0.25) is 0 Å². The number of ether oxygens (including phenoxy) is 1. The summed E-state index contributed by atoms with van der Waals surface area (Å²) in [7, 11) is 0. The zero-order valence-corrected chi connectivity index (χ0v) is 18.7. The Bertz CT molecular complexity index is 825. The third-order valence-electron chi connectivity index (χ3n) is 6.04. The minimum Gasteiger partial charge on any atom is -0.494 e. The molecule has 0 radical (unpaired) electrons. The number of hydrogen-bond acceptors (Lipinski definition) is 1. The lowest BCUT2D eigenvalue weighted by Crippen LogP contribution is -2.11. The van der Waals surface area contributed by atoms with Crippen LogP contribution in [0.4, 0.5) is 0 Å². The molecule has 2 aromatic carbocycles. The van der Waals surface area contributed by atoms with Gasteiger partial charge in [-0.25, -0.2) is 0 Å². The summed E-state index contributed by atoms with van der Waals surface area (Å²) in [6, 6.07) is 17.5. The quantitative estimate of drug-likeness (QED) is 0.412. The average Bonchev–Trinajstić information content (AvgIpc) is 2.81. The molecule has 158 valence electrons. The van der Waals surface area contributed by atoms with Crippen molar-refractivity contribution in [2.45, 2.75) is 71.1 Å². The minimum absolute atomic E-state index is 0.671. The Kier molecular flexibility index (Phi) is 9.10. The summed E-state index contributed by atoms with van der Waals surface area (Å²) in [5, 5.41) is 0. The maximum absolute atomic E-state index is 5.61. The monoisotopic (exact) mass is 400 g/mol. The van der Waals surface area contributed by atoms with Crippen LogP contribution in [-0.4, -0.2) is 6.61 Å². The van der Waals surface area contributed by atoms with Crippen LogP contribution in [0.2, 0.25) is 0 Å². The Hall–Kier alpha value is -2.46. The Morgan fingerprint density at radius 2 is 1.63 bits per heavy atom. The lowest BCUT2D eigenvalue weighted by Gasteiger charge is -2.27. The van der Waals surface area contributed by atoms with Gasteiger partial charge in [-0.2, -0.15) is 0 Å². The molecule has 0 bridgehead atoms. The Morgan fingerprint density at radius 3 is 2.30 bits per heavy atom. The summed E-state index contributed by atoms with van der Waals surface area (Å²) in [4.78, 5) is 0. The molecule has 30 heavy (non-hydrogen) atoms. The zero-order chi connectivity index (χ0) is 21.0. The fourth-order valence-corrected chi connectivity index (χ4v) is 4.15. The second-order valence-corrected chi connectivity index (χ2v) is 8.46. The Labute approximate surface area is 183 Å². The first-order valence-corrected chi connectivity index (χ1v) is 11.8. The Morgan fingerprint density at radius 1 is 0.900 bits per heavy atom. The van der Waals surface area contributed by atoms with E-state index in [2.05, 4.69) is 62.1 Å². The van der Waals surface area contributed by atoms with Crippen LogP contribution in [0.3, 0.4) is 0 Å². The molecule has 0 spiro atoms. The molecule has 0 aliphatic heterocycles. The van der Waals surface area contributed by atoms with Gasteiger partial charge in [0, 0.05) is 5.56 Å². The summed E-state index contributed by atoms with van der Waals surface area (Å²) in [6.45, 7) is 5.14. The van der Waals surface area contributed by atoms with Gasteiger partial charge in [0.15, 0.2) is 0 Å². The van der Waals surface area contributed by atoms with Crippen molar-refractivity contribution in [2.24, 2.45) is 5.92 Å². The SMILES string of the molecule is CCCCc1ccc(C2CCC(/C=C/C#Cc3ccc(OCCC)cc3)CC2)cc1. The van der Waals surface area contributed by atoms with Gasteiger partial charge in [-0.1, -0.05) is 62.5 Å². The molecule has 0 atom stereocenters. The standard InChI is InChI=1S/C29H36O/c1-3-5-8-24-11-17-27(18-12-24)28-19-13-25(14-20-28)9-6-7-10-26-15-21-29(22-16-26)30-23-4-2/h6,9,11-12,15-18,21-22,25,28H,3-5,8,13-14,19-20,23H2,1-2H3/b9-6+. The van der Waals surface area contributed by atoms with Gasteiger partial charge in [0.25, 0.3) is 0 Å². The van der Waals surface area contributed by atoms with E-state index >= 15 is 0 Å². The van der Waals surface area contributed by atoms with Crippen molar-refractivity contribution in [3.8, 4) is 17.6 Å². The number of benzene rings is 2. The molecule has 1 heteroatoms. The smallest absolute Gasteiger partial charge is 0.119 e. The van der Waals surface area contributed by atoms with Gasteiger partial charge < -0.3 is 4.74 Å². The van der Waals surface area contributed by atoms with Crippen molar-refractivity contribution >= 4 is 0 Å². The van der Waals surface area contributed by atoms with Crippen molar-refractivity contribution in [1.29, 1.82) is 0 Å². The van der Waals surface area contributed by atoms with E-state index in [0.29, 0.717) is 5.92 Å². The lowest BCUT2D eigenvalue weighted by molar-refractivity contribution is 0.317. The lowest BCUT2D eigenvalue weighted by atomic mass is 9.78. The van der Waals surface area contributed by atoms with Gasteiger partial charge in [0.05, 0.1) is 6.61 Å². The second kappa shape index (κ2) is 12.3. The average molecular weight is 401 g/mol. The van der Waals surface area contributed by atoms with Gasteiger partial charge in [-0.15, -0.1) is 0 Å². The molecule has 1 saturated carbocycles. The van der Waals surface area contributed by atoms with Crippen LogP contribution in [0, 0.1) is 17.8 Å². The molecule has 1 nitrogen and oxygen atoms in total. The summed E-state index contributed by atoms with van der Waals surface area (Å²) >= 11 is 0. The van der Waals surface area contributed by atoms with E-state index in [1.54, 1.807) is 0 Å². The summed E-state index contributed by atoms with van der Waals surface area (Å²) in [5.74, 6) is 8.76. The summed E-state index contributed by atoms with van der Waals surface area (Å²) < 4.78 is 5.61. The molecule has 0 aromatic heterocycles. The van der Waals surface area contributed by atoms with Crippen LogP contribution < -0.4 is 4.74 Å². The molecular weight excluding hydrogens is 364 g/mol. The first kappa shape index (κ1) is 22.2. The molecule has 2 aromatic rings. The molecule has 0 heterocycles. The Balaban J connectivity index is 1.43. The van der Waals surface area contributed by atoms with Crippen LogP contribution in [-0.2, 0) is 6.42 Å². The topological polar surface area (TPSA) is 9.23 Å². The highest BCUT2D eigenvalue weighted by Gasteiger charge is 2.20. The molecule has 0 saturated heterocycles. The fraction of sp³-hybridized carbons (Fsp3) is 0.448. The molecule has 0 amide bonds. The van der Waals surface area contributed by atoms with Gasteiger partial charge in [-0.3, -0.25) is 0 Å². The van der Waals surface area contributed by atoms with E-state index in [1.165, 1.54) is 56.1 Å². The number of allylic oxidation sites excluding steroid dienone is 2. The third-order valence-corrected chi connectivity index (χ3v) is 6.04. The highest BCUT2D eigenvalue weighted by molar-refractivity contribution is 5.40. The maximum atomic E-state index is 5.61. The number of unbranched alkanes of at least 4 members (excludes halogenated alkanes) is 1. The second-order valence-electron chi connectivity index (χ2n) is 8.46. The first-order valence-electron chi connectivity index (χ1n) is 11.8. The zero-order valence-electron chi connectivity index (χ0n) is 18.7. The fourth-order valence-electron chi connectivity index (χ4n) is 4.15. The largest absolute Gasteiger partial charge is 0.494 e. The van der Waals surface area contributed by atoms with Crippen molar-refractivity contribution in [1.82, 2.24) is 0 Å². The molecule has 0 unspecified atom stereocenters. The normalized spacial score (nSPS) is 18.7. The van der Waals surface area contributed by atoms with E-state index in [1.807, 2.05) is 24.3 Å². The van der Waals surface area contributed by atoms with Crippen molar-refractivity contribution in [3.05, 3.63) is 77.4 Å². The van der Waals surface area contributed by atoms with E-state index in [0.717, 1.165) is 30.3 Å². The van der Waals surface area contributed by atoms with Gasteiger partial charge in [0.1, 0.15) is 5.75 Å². The number of hydrogen-bond donors (Lipinski definition) is 0. The van der Waals surface area contributed by atoms with Crippen LogP contribution in [0.5, 0.6) is 5.75 Å². The van der Waals surface area contributed by atoms with E-state index < -0.39 is 0 Å². The van der Waals surface area contributed by atoms with Crippen LogP contribution >= 0.6 is 0 Å². The third kappa shape index (κ3) is 7.10. The number of aryl methyl sites for hydroxylation is 1. The van der Waals surface area contributed by atoms with E-state index in [-0.39, 0.29) is 0 Å². The maximum Gasteiger partial charge on any atom is 0.119 e. The van der Waals surface area contributed by atoms with Crippen LogP contribution in [0.25, 0.3) is 0 Å². The summed E-state index contributed by atoms with van der Waals surface area (Å²) in [5.41, 5.74) is 4.05. The first-order chi connectivity index (χ1) is 14.8. The van der Waals surface area contributed by atoms with Crippen LogP contribution in [0.15, 0.2) is 60.7 Å². The predicted octanol–water partition coefficient (Wildman–Crippen LogP) is 7.70. The summed E-state index contributed by atoms with van der Waals surface area (Å²) in [6.07, 6.45) is 14.3. The number of rotatable bonds is 8. The molecule has 1 aliphatic carbocycles. The van der Waals surface area contributed by atoms with Crippen molar-refractivity contribution in [2.75, 3.05) is 6.61 Å². The molecule has 3 rings (SSSR count). The van der Waals surface area contributed by atoms with E-state index in [9.17, 15) is 0 Å². The predicted molar refractivity (Wildman–Crippen MR) is 128 cm³/mol. The molecular formula is C29H36O. The highest BCUT2D eigenvalue weighted by atomic mass is 16.5. The molecule has 0 N–H and O–H groups in total. The minimum atomic E-state index is 0.671. The van der Waals surface area contributed by atoms with Gasteiger partial charge in [-0.05, 0) is 98.2 Å². The van der Waals surface area contributed by atoms with E-state index in [4.69, 9.17) is 4.74 Å².